The number of rotatable bonds is 6. The quantitative estimate of drug-likeness (QED) is 0.760. The SMILES string of the molecule is CC(CCC(=O)O)CNC(=O)c1cnccn1. The van der Waals surface area contributed by atoms with Gasteiger partial charge in [0.15, 0.2) is 0 Å². The number of hydrogen-bond acceptors (Lipinski definition) is 4. The van der Waals surface area contributed by atoms with Crippen LogP contribution in [0.5, 0.6) is 0 Å². The van der Waals surface area contributed by atoms with Crippen LogP contribution in [-0.4, -0.2) is 33.5 Å². The molecule has 0 saturated heterocycles. The van der Waals surface area contributed by atoms with Gasteiger partial charge in [-0.3, -0.25) is 14.6 Å². The highest BCUT2D eigenvalue weighted by Gasteiger charge is 2.10. The Bertz CT molecular complexity index is 381. The smallest absolute Gasteiger partial charge is 0.303 e. The van der Waals surface area contributed by atoms with Crippen LogP contribution in [0.4, 0.5) is 0 Å². The zero-order valence-electron chi connectivity index (χ0n) is 9.59. The molecule has 0 fully saturated rings. The fourth-order valence-electron chi connectivity index (χ4n) is 1.25. The van der Waals surface area contributed by atoms with Crippen LogP contribution < -0.4 is 5.32 Å². The van der Waals surface area contributed by atoms with Gasteiger partial charge < -0.3 is 10.4 Å². The van der Waals surface area contributed by atoms with Gasteiger partial charge in [0.1, 0.15) is 5.69 Å². The van der Waals surface area contributed by atoms with Crippen molar-refractivity contribution in [3.8, 4) is 0 Å². The Morgan fingerprint density at radius 2 is 2.24 bits per heavy atom. The molecular weight excluding hydrogens is 222 g/mol. The van der Waals surface area contributed by atoms with E-state index in [-0.39, 0.29) is 23.9 Å². The van der Waals surface area contributed by atoms with Crippen LogP contribution in [0, 0.1) is 5.92 Å². The molecule has 1 aromatic rings. The van der Waals surface area contributed by atoms with E-state index in [0.29, 0.717) is 13.0 Å². The summed E-state index contributed by atoms with van der Waals surface area (Å²) in [4.78, 5) is 29.6. The minimum atomic E-state index is -0.822. The molecular formula is C11H15N3O3. The maximum atomic E-state index is 11.6. The number of aliphatic carboxylic acids is 1. The Hall–Kier alpha value is -1.98. The number of aromatic nitrogens is 2. The third-order valence-corrected chi connectivity index (χ3v) is 2.26. The number of nitrogens with one attached hydrogen (secondary N) is 1. The number of amides is 1. The summed E-state index contributed by atoms with van der Waals surface area (Å²) < 4.78 is 0. The zero-order chi connectivity index (χ0) is 12.7. The van der Waals surface area contributed by atoms with E-state index in [1.165, 1.54) is 18.6 Å². The largest absolute Gasteiger partial charge is 0.481 e. The normalized spacial score (nSPS) is 11.8. The molecule has 17 heavy (non-hydrogen) atoms. The van der Waals surface area contributed by atoms with Crippen molar-refractivity contribution >= 4 is 11.9 Å². The first-order valence-corrected chi connectivity index (χ1v) is 5.35. The third kappa shape index (κ3) is 5.05. The molecule has 1 aromatic heterocycles. The number of carbonyl (C=O) groups excluding carboxylic acids is 1. The van der Waals surface area contributed by atoms with Crippen molar-refractivity contribution in [2.75, 3.05) is 6.54 Å². The predicted molar refractivity (Wildman–Crippen MR) is 60.4 cm³/mol. The van der Waals surface area contributed by atoms with Gasteiger partial charge in [0.25, 0.3) is 5.91 Å². The molecule has 6 heteroatoms. The third-order valence-electron chi connectivity index (χ3n) is 2.26. The van der Waals surface area contributed by atoms with Gasteiger partial charge in [0, 0.05) is 25.4 Å². The molecule has 1 atom stereocenters. The predicted octanol–water partition coefficient (Wildman–Crippen LogP) is 0.707. The number of nitrogens with zero attached hydrogens (tertiary/aromatic N) is 2. The van der Waals surface area contributed by atoms with Crippen molar-refractivity contribution in [2.45, 2.75) is 19.8 Å². The summed E-state index contributed by atoms with van der Waals surface area (Å²) in [5.41, 5.74) is 0.262. The summed E-state index contributed by atoms with van der Waals surface area (Å²) in [5.74, 6) is -0.996. The second-order valence-corrected chi connectivity index (χ2v) is 3.84. The van der Waals surface area contributed by atoms with Crippen molar-refractivity contribution in [1.29, 1.82) is 0 Å². The van der Waals surface area contributed by atoms with Crippen LogP contribution in [0.25, 0.3) is 0 Å². The lowest BCUT2D eigenvalue weighted by molar-refractivity contribution is -0.137. The molecule has 0 saturated carbocycles. The molecule has 1 heterocycles. The number of carboxylic acids is 1. The molecule has 0 radical (unpaired) electrons. The van der Waals surface area contributed by atoms with E-state index in [4.69, 9.17) is 5.11 Å². The summed E-state index contributed by atoms with van der Waals surface area (Å²) in [5, 5.41) is 11.2. The van der Waals surface area contributed by atoms with Crippen molar-refractivity contribution in [3.63, 3.8) is 0 Å². The van der Waals surface area contributed by atoms with Crippen molar-refractivity contribution < 1.29 is 14.7 Å². The highest BCUT2D eigenvalue weighted by atomic mass is 16.4. The molecule has 2 N–H and O–H groups in total. The lowest BCUT2D eigenvalue weighted by Gasteiger charge is -2.10. The van der Waals surface area contributed by atoms with Crippen LogP contribution in [0.3, 0.4) is 0 Å². The molecule has 1 rings (SSSR count). The van der Waals surface area contributed by atoms with Gasteiger partial charge in [-0.1, -0.05) is 6.92 Å². The maximum absolute atomic E-state index is 11.6. The molecule has 0 aliphatic rings. The van der Waals surface area contributed by atoms with E-state index in [2.05, 4.69) is 15.3 Å². The van der Waals surface area contributed by atoms with Crippen LogP contribution in [0.1, 0.15) is 30.3 Å². The van der Waals surface area contributed by atoms with Gasteiger partial charge in [-0.2, -0.15) is 0 Å². The first kappa shape index (κ1) is 13.1. The van der Waals surface area contributed by atoms with E-state index in [0.717, 1.165) is 0 Å². The number of carbonyl (C=O) groups is 2. The first-order valence-electron chi connectivity index (χ1n) is 5.35. The van der Waals surface area contributed by atoms with Gasteiger partial charge in [-0.15, -0.1) is 0 Å². The van der Waals surface area contributed by atoms with E-state index >= 15 is 0 Å². The summed E-state index contributed by atoms with van der Waals surface area (Å²) in [6, 6.07) is 0. The molecule has 0 aliphatic carbocycles. The van der Waals surface area contributed by atoms with E-state index < -0.39 is 5.97 Å². The molecule has 92 valence electrons. The van der Waals surface area contributed by atoms with Gasteiger partial charge in [-0.05, 0) is 12.3 Å². The molecule has 0 bridgehead atoms. The molecule has 0 aliphatic heterocycles. The first-order chi connectivity index (χ1) is 8.09. The lowest BCUT2D eigenvalue weighted by atomic mass is 10.1. The second kappa shape index (κ2) is 6.57. The van der Waals surface area contributed by atoms with E-state index in [9.17, 15) is 9.59 Å². The number of carboxylic acid groups (broad SMARTS) is 1. The maximum Gasteiger partial charge on any atom is 0.303 e. The van der Waals surface area contributed by atoms with Gasteiger partial charge in [0.05, 0.1) is 6.20 Å². The molecule has 0 spiro atoms. The molecule has 1 amide bonds. The average Bonchev–Trinajstić information content (AvgIpc) is 2.34. The molecule has 1 unspecified atom stereocenters. The summed E-state index contributed by atoms with van der Waals surface area (Å²) in [6.45, 7) is 2.32. The van der Waals surface area contributed by atoms with E-state index in [1.807, 2.05) is 6.92 Å². The van der Waals surface area contributed by atoms with Crippen LogP contribution in [0.2, 0.25) is 0 Å². The highest BCUT2D eigenvalue weighted by molar-refractivity contribution is 5.91. The topological polar surface area (TPSA) is 92.2 Å². The lowest BCUT2D eigenvalue weighted by Crippen LogP contribution is -2.29. The van der Waals surface area contributed by atoms with Crippen molar-refractivity contribution in [2.24, 2.45) is 5.92 Å². The van der Waals surface area contributed by atoms with Crippen LogP contribution in [0.15, 0.2) is 18.6 Å². The molecule has 6 nitrogen and oxygen atoms in total. The second-order valence-electron chi connectivity index (χ2n) is 3.84. The monoisotopic (exact) mass is 237 g/mol. The Labute approximate surface area is 99.1 Å². The highest BCUT2D eigenvalue weighted by Crippen LogP contribution is 2.04. The standard InChI is InChI=1S/C11H15N3O3/c1-8(2-3-10(15)16)6-14-11(17)9-7-12-4-5-13-9/h4-5,7-8H,2-3,6H2,1H3,(H,14,17)(H,15,16). The Morgan fingerprint density at radius 1 is 1.47 bits per heavy atom. The fourth-order valence-corrected chi connectivity index (χ4v) is 1.25. The summed E-state index contributed by atoms with van der Waals surface area (Å²) in [6.07, 6.45) is 4.98. The molecule has 0 aromatic carbocycles. The van der Waals surface area contributed by atoms with Gasteiger partial charge >= 0.3 is 5.97 Å². The Balaban J connectivity index is 2.31. The average molecular weight is 237 g/mol. The van der Waals surface area contributed by atoms with Crippen LogP contribution >= 0.6 is 0 Å². The van der Waals surface area contributed by atoms with Crippen LogP contribution in [-0.2, 0) is 4.79 Å². The summed E-state index contributed by atoms with van der Waals surface area (Å²) in [7, 11) is 0. The fraction of sp³-hybridized carbons (Fsp3) is 0.455. The number of hydrogen-bond donors (Lipinski definition) is 2. The Morgan fingerprint density at radius 3 is 2.82 bits per heavy atom. The minimum Gasteiger partial charge on any atom is -0.481 e. The van der Waals surface area contributed by atoms with Crippen molar-refractivity contribution in [1.82, 2.24) is 15.3 Å². The van der Waals surface area contributed by atoms with E-state index in [1.54, 1.807) is 0 Å². The Kier molecular flexibility index (Phi) is 5.06. The minimum absolute atomic E-state index is 0.113. The zero-order valence-corrected chi connectivity index (χ0v) is 9.59. The summed E-state index contributed by atoms with van der Waals surface area (Å²) >= 11 is 0. The van der Waals surface area contributed by atoms with Gasteiger partial charge in [0.2, 0.25) is 0 Å². The van der Waals surface area contributed by atoms with Gasteiger partial charge in [-0.25, -0.2) is 4.98 Å². The van der Waals surface area contributed by atoms with Crippen molar-refractivity contribution in [3.05, 3.63) is 24.3 Å².